The number of rotatable bonds is 20. The summed E-state index contributed by atoms with van der Waals surface area (Å²) >= 11 is 0. The van der Waals surface area contributed by atoms with Crippen molar-refractivity contribution < 1.29 is 17.1 Å². The molecule has 0 spiro atoms. The van der Waals surface area contributed by atoms with Gasteiger partial charge in [-0.1, -0.05) is 304 Å². The van der Waals surface area contributed by atoms with Crippen molar-refractivity contribution in [2.24, 2.45) is 0 Å². The van der Waals surface area contributed by atoms with E-state index < -0.39 is 23.8 Å². The van der Waals surface area contributed by atoms with Crippen LogP contribution in [-0.2, 0) is 29.0 Å². The molecule has 0 aliphatic rings. The molecule has 6 heteroatoms. The summed E-state index contributed by atoms with van der Waals surface area (Å²) in [5.74, 6) is 0. The van der Waals surface area contributed by atoms with Crippen molar-refractivity contribution >= 4 is 90.8 Å². The largest absolute Gasteiger partial charge is 2.00 e. The third-order valence-electron chi connectivity index (χ3n) is 13.3. The Balaban J connectivity index is 0.000000253. The predicted molar refractivity (Wildman–Crippen MR) is 328 cm³/mol. The Kier molecular flexibility index (Phi) is 21.2. The maximum atomic E-state index is 3.87. The van der Waals surface area contributed by atoms with E-state index in [0.717, 1.165) is 31.5 Å². The van der Waals surface area contributed by atoms with Crippen molar-refractivity contribution in [1.82, 2.24) is 5.32 Å². The molecule has 0 heterocycles. The molecule has 0 bridgehead atoms. The monoisotopic (exact) mass is 1070 g/mol. The van der Waals surface area contributed by atoms with Crippen molar-refractivity contribution in [2.75, 3.05) is 6.54 Å². The molecule has 0 unspecified atom stereocenters. The average molecular weight is 1070 g/mol. The van der Waals surface area contributed by atoms with E-state index in [-0.39, 0.29) is 30.4 Å². The molecule has 0 aliphatic carbocycles. The predicted octanol–water partition coefficient (Wildman–Crippen LogP) is 13.5. The van der Waals surface area contributed by atoms with E-state index >= 15 is 0 Å². The summed E-state index contributed by atoms with van der Waals surface area (Å²) in [4.78, 5) is 0. The Hall–Kier alpha value is -4.82. The van der Waals surface area contributed by atoms with Crippen molar-refractivity contribution in [3.63, 3.8) is 0 Å². The summed E-state index contributed by atoms with van der Waals surface area (Å²) in [7, 11) is -2.16. The number of hydrogen-bond acceptors (Lipinski definition) is 1. The second kappa shape index (κ2) is 27.6. The molecule has 0 aliphatic heterocycles. The van der Waals surface area contributed by atoms with Gasteiger partial charge in [-0.3, -0.25) is 0 Å². The van der Waals surface area contributed by atoms with E-state index in [1.807, 2.05) is 6.08 Å². The fourth-order valence-corrected chi connectivity index (χ4v) is 20.9. The molecule has 0 aromatic heterocycles. The third kappa shape index (κ3) is 14.5. The van der Waals surface area contributed by atoms with Crippen LogP contribution in [0.15, 0.2) is 243 Å². The normalized spacial score (nSPS) is 11.6. The summed E-state index contributed by atoms with van der Waals surface area (Å²) in [6.07, 6.45) is 4.12. The summed E-state index contributed by atoms with van der Waals surface area (Å²) in [6, 6.07) is 87.6. The minimum Gasteiger partial charge on any atom is -0.313 e. The first-order valence-corrected chi connectivity index (χ1v) is 31.1. The molecule has 0 saturated carbocycles. The van der Waals surface area contributed by atoms with Crippen molar-refractivity contribution in [1.29, 1.82) is 0 Å². The van der Waals surface area contributed by atoms with E-state index in [2.05, 4.69) is 290 Å². The Labute approximate surface area is 454 Å². The van der Waals surface area contributed by atoms with Gasteiger partial charge in [-0.25, -0.2) is 6.07 Å². The minimum absolute atomic E-state index is 0. The number of hydrogen-bond donors (Lipinski definition) is 1. The van der Waals surface area contributed by atoms with E-state index in [1.165, 1.54) is 53.6 Å². The van der Waals surface area contributed by atoms with Crippen LogP contribution in [-0.4, -0.2) is 17.9 Å². The van der Waals surface area contributed by atoms with Crippen molar-refractivity contribution in [3.05, 3.63) is 260 Å². The van der Waals surface area contributed by atoms with Gasteiger partial charge in [-0.2, -0.15) is 45.7 Å². The Morgan fingerprint density at radius 2 is 0.863 bits per heavy atom. The van der Waals surface area contributed by atoms with Gasteiger partial charge in [0.25, 0.3) is 0 Å². The standard InChI is InChI=1S/C44H44NP2.C23H27P2.Fe/c1-4-35-26-28-36(29-27-35)34-45-31-17-30-44(2,3)37-32-42(46(38-18-9-5-10-19-38)39-20-11-6-12-21-39)43(33-37)47(40-22-13-7-14-23-40)41-24-15-8-16-25-41;1-18(2)24(19(3)4)22-16-11-17-23(22)25(20-12-7-5-8-13-20)21-14-9-6-10-15-21;/h4-16,18-29,32-33,45H,1,17,30-31,34H2,2-3H3;5-19H,1-4H3;/q2*-1;+2. The second-order valence-electron chi connectivity index (χ2n) is 19.5. The maximum absolute atomic E-state index is 3.87. The molecule has 9 aromatic carbocycles. The molecular weight excluding hydrogens is 998 g/mol. The smallest absolute Gasteiger partial charge is 0.313 e. The molecule has 0 fully saturated rings. The minimum atomic E-state index is -0.757. The van der Waals surface area contributed by atoms with Gasteiger partial charge in [0.05, 0.1) is 0 Å². The molecule has 1 nitrogen and oxygen atoms in total. The van der Waals surface area contributed by atoms with Crippen LogP contribution >= 0.6 is 31.7 Å². The van der Waals surface area contributed by atoms with Crippen LogP contribution in [0.3, 0.4) is 0 Å². The SMILES string of the molecule is C=Cc1ccc(CNCCCC(C)(C)[c-]2cc(P(c3ccccc3)c3ccccc3)c(P(c3ccccc3)c3ccccc3)c2)cc1.CC(C)P(c1[cH-]ccc1P(c1ccccc1)c1ccccc1)C(C)C.[Fe+2]. The molecule has 1 N–H and O–H groups in total. The molecule has 0 amide bonds. The van der Waals surface area contributed by atoms with Crippen LogP contribution in [0.5, 0.6) is 0 Å². The topological polar surface area (TPSA) is 12.0 Å². The first kappa shape index (κ1) is 55.9. The van der Waals surface area contributed by atoms with Gasteiger partial charge in [0.2, 0.25) is 0 Å². The van der Waals surface area contributed by atoms with Crippen LogP contribution in [0.25, 0.3) is 6.08 Å². The number of nitrogens with one attached hydrogen (secondary N) is 1. The molecular formula is C67H71FeNP4. The van der Waals surface area contributed by atoms with E-state index in [9.17, 15) is 0 Å². The van der Waals surface area contributed by atoms with Crippen LogP contribution in [0.1, 0.15) is 71.1 Å². The van der Waals surface area contributed by atoms with Crippen molar-refractivity contribution in [2.45, 2.75) is 77.7 Å². The molecule has 0 saturated heterocycles. The summed E-state index contributed by atoms with van der Waals surface area (Å²) in [5.41, 5.74) is 5.37. The van der Waals surface area contributed by atoms with Crippen LogP contribution in [0.4, 0.5) is 0 Å². The summed E-state index contributed by atoms with van der Waals surface area (Å²) in [6.45, 7) is 20.2. The van der Waals surface area contributed by atoms with Gasteiger partial charge < -0.3 is 5.32 Å². The third-order valence-corrected chi connectivity index (χ3v) is 24.3. The van der Waals surface area contributed by atoms with Gasteiger partial charge in [0.15, 0.2) is 0 Å². The van der Waals surface area contributed by atoms with Crippen LogP contribution in [0.2, 0.25) is 0 Å². The van der Waals surface area contributed by atoms with E-state index in [1.54, 1.807) is 10.6 Å². The van der Waals surface area contributed by atoms with Gasteiger partial charge >= 0.3 is 17.1 Å². The maximum Gasteiger partial charge on any atom is 2.00 e. The number of benzene rings is 7. The van der Waals surface area contributed by atoms with E-state index in [0.29, 0.717) is 11.3 Å². The Morgan fingerprint density at radius 1 is 0.507 bits per heavy atom. The Bertz CT molecular complexity index is 2760. The first-order chi connectivity index (χ1) is 35.1. The molecule has 0 radical (unpaired) electrons. The quantitative estimate of drug-likeness (QED) is 0.0347. The Morgan fingerprint density at radius 3 is 1.21 bits per heavy atom. The molecule has 372 valence electrons. The zero-order chi connectivity index (χ0) is 50.3. The van der Waals surface area contributed by atoms with E-state index in [4.69, 9.17) is 0 Å². The van der Waals surface area contributed by atoms with Gasteiger partial charge in [0.1, 0.15) is 0 Å². The van der Waals surface area contributed by atoms with Crippen LogP contribution < -0.4 is 58.4 Å². The first-order valence-electron chi connectivity index (χ1n) is 25.6. The van der Waals surface area contributed by atoms with Crippen molar-refractivity contribution in [3.8, 4) is 0 Å². The van der Waals surface area contributed by atoms with Gasteiger partial charge in [-0.05, 0) is 67.2 Å². The fourth-order valence-electron chi connectivity index (χ4n) is 9.74. The zero-order valence-electron chi connectivity index (χ0n) is 43.4. The van der Waals surface area contributed by atoms with Crippen LogP contribution in [0, 0.1) is 0 Å². The fraction of sp³-hybridized carbons (Fsp3) is 0.194. The average Bonchev–Trinajstić information content (AvgIpc) is 4.07. The van der Waals surface area contributed by atoms with Gasteiger partial charge in [-0.15, -0.1) is 5.30 Å². The summed E-state index contributed by atoms with van der Waals surface area (Å²) < 4.78 is 0. The molecule has 9 rings (SSSR count). The molecule has 73 heavy (non-hydrogen) atoms. The molecule has 9 aromatic rings. The van der Waals surface area contributed by atoms with Gasteiger partial charge in [0, 0.05) is 6.54 Å². The second-order valence-corrected chi connectivity index (χ2v) is 29.5. The molecule has 0 atom stereocenters. The zero-order valence-corrected chi connectivity index (χ0v) is 48.1. The summed E-state index contributed by atoms with van der Waals surface area (Å²) in [5, 5.41) is 18.3.